The molecule has 1 rings (SSSR count). The molecule has 0 aromatic carbocycles. The lowest BCUT2D eigenvalue weighted by molar-refractivity contribution is -0.159. The van der Waals surface area contributed by atoms with Crippen LogP contribution in [0.1, 0.15) is 13.8 Å². The van der Waals surface area contributed by atoms with Gasteiger partial charge >= 0.3 is 11.9 Å². The van der Waals surface area contributed by atoms with Gasteiger partial charge in [-0.15, -0.1) is 0 Å². The van der Waals surface area contributed by atoms with Gasteiger partial charge in [0.15, 0.2) is 18.6 Å². The molecule has 4 atom stereocenters. The van der Waals surface area contributed by atoms with Crippen LogP contribution in [0, 0.1) is 0 Å². The Hall–Kier alpha value is -1.21. The van der Waals surface area contributed by atoms with E-state index in [0.717, 1.165) is 6.92 Å². The Morgan fingerprint density at radius 2 is 2.00 bits per heavy atom. The predicted octanol–water partition coefficient (Wildman–Crippen LogP) is -0.464. The number of aliphatic hydroxyl groups is 1. The molecule has 0 saturated carbocycles. The molecule has 0 spiro atoms. The number of ether oxygens (including phenoxy) is 3. The number of rotatable bonds is 3. The van der Waals surface area contributed by atoms with Gasteiger partial charge in [-0.2, -0.15) is 0 Å². The van der Waals surface area contributed by atoms with Gasteiger partial charge in [-0.3, -0.25) is 9.59 Å². The number of hydrogen-bond donors (Lipinski definition) is 1. The van der Waals surface area contributed by atoms with Crippen molar-refractivity contribution in [3.63, 3.8) is 0 Å². The lowest BCUT2D eigenvalue weighted by atomic mass is 10.1. The van der Waals surface area contributed by atoms with Crippen molar-refractivity contribution in [3.8, 4) is 0 Å². The molecule has 0 radical (unpaired) electrons. The molecule has 0 bridgehead atoms. The van der Waals surface area contributed by atoms with Crippen molar-refractivity contribution in [2.45, 2.75) is 38.5 Å². The van der Waals surface area contributed by atoms with Crippen molar-refractivity contribution in [3.05, 3.63) is 0 Å². The third-order valence-corrected chi connectivity index (χ3v) is 2.02. The van der Waals surface area contributed by atoms with Crippen LogP contribution in [0.25, 0.3) is 0 Å². The molecule has 1 aliphatic heterocycles. The molecule has 1 fully saturated rings. The zero-order valence-corrected chi connectivity index (χ0v) is 8.88. The smallest absolute Gasteiger partial charge is 0.303 e. The van der Waals surface area contributed by atoms with Crippen molar-refractivity contribution in [2.75, 3.05) is 6.61 Å². The number of hydrogen-bond acceptors (Lipinski definition) is 6. The maximum Gasteiger partial charge on any atom is 0.303 e. The van der Waals surface area contributed by atoms with Gasteiger partial charge in [-0.05, 0) is 0 Å². The van der Waals surface area contributed by atoms with Crippen LogP contribution >= 0.6 is 0 Å². The Balaban J connectivity index is 2.59. The minimum atomic E-state index is -1.84. The van der Waals surface area contributed by atoms with E-state index < -0.39 is 36.6 Å². The summed E-state index contributed by atoms with van der Waals surface area (Å²) < 4.78 is 27.3. The van der Waals surface area contributed by atoms with Gasteiger partial charge in [-0.25, -0.2) is 4.39 Å². The van der Waals surface area contributed by atoms with E-state index in [1.54, 1.807) is 0 Å². The van der Waals surface area contributed by atoms with E-state index in [-0.39, 0.29) is 6.61 Å². The summed E-state index contributed by atoms with van der Waals surface area (Å²) in [6.45, 7) is 2.02. The van der Waals surface area contributed by atoms with Crippen LogP contribution in [-0.4, -0.2) is 48.3 Å². The fourth-order valence-electron chi connectivity index (χ4n) is 1.37. The van der Waals surface area contributed by atoms with Crippen molar-refractivity contribution in [1.29, 1.82) is 0 Å². The molecular formula is C9H13FO6. The highest BCUT2D eigenvalue weighted by Crippen LogP contribution is 2.25. The largest absolute Gasteiger partial charge is 0.463 e. The topological polar surface area (TPSA) is 82.1 Å². The molecule has 1 aliphatic rings. The Morgan fingerprint density at radius 3 is 2.50 bits per heavy atom. The maximum atomic E-state index is 13.3. The summed E-state index contributed by atoms with van der Waals surface area (Å²) >= 11 is 0. The molecule has 1 saturated heterocycles. The summed E-state index contributed by atoms with van der Waals surface area (Å²) in [6.07, 6.45) is -5.76. The van der Waals surface area contributed by atoms with Gasteiger partial charge in [0.1, 0.15) is 12.7 Å². The Labute approximate surface area is 91.3 Å². The standard InChI is InChI=1S/C9H13FO6/c1-4(11)14-3-6-8(15-5(2)12)7(10)9(13)16-6/h6-9,13H,3H2,1-2H3/t6-,7+,8-,9-/m1/s1. The van der Waals surface area contributed by atoms with E-state index in [2.05, 4.69) is 9.47 Å². The van der Waals surface area contributed by atoms with E-state index in [0.29, 0.717) is 0 Å². The van der Waals surface area contributed by atoms with Crippen molar-refractivity contribution >= 4 is 11.9 Å². The third kappa shape index (κ3) is 3.14. The summed E-state index contributed by atoms with van der Waals surface area (Å²) in [5, 5.41) is 9.09. The molecule has 0 aliphatic carbocycles. The number of esters is 2. The van der Waals surface area contributed by atoms with Crippen molar-refractivity contribution in [2.24, 2.45) is 0 Å². The predicted molar refractivity (Wildman–Crippen MR) is 48.0 cm³/mol. The first kappa shape index (κ1) is 12.9. The first-order valence-electron chi connectivity index (χ1n) is 4.70. The molecule has 6 nitrogen and oxygen atoms in total. The molecular weight excluding hydrogens is 223 g/mol. The molecule has 92 valence electrons. The number of carbonyl (C=O) groups is 2. The van der Waals surface area contributed by atoms with E-state index in [1.807, 2.05) is 0 Å². The van der Waals surface area contributed by atoms with E-state index in [4.69, 9.17) is 9.84 Å². The molecule has 0 aromatic rings. The molecule has 0 unspecified atom stereocenters. The minimum Gasteiger partial charge on any atom is -0.463 e. The zero-order valence-electron chi connectivity index (χ0n) is 8.88. The van der Waals surface area contributed by atoms with Gasteiger partial charge < -0.3 is 19.3 Å². The lowest BCUT2D eigenvalue weighted by Gasteiger charge is -2.18. The van der Waals surface area contributed by atoms with Gasteiger partial charge in [0.25, 0.3) is 0 Å². The summed E-state index contributed by atoms with van der Waals surface area (Å²) in [4.78, 5) is 21.3. The number of carbonyl (C=O) groups excluding carboxylic acids is 2. The Kier molecular flexibility index (Phi) is 4.19. The highest BCUT2D eigenvalue weighted by Gasteiger charge is 2.47. The molecule has 0 aromatic heterocycles. The summed E-state index contributed by atoms with van der Waals surface area (Å²) in [7, 11) is 0. The summed E-state index contributed by atoms with van der Waals surface area (Å²) in [5.74, 6) is -1.26. The highest BCUT2D eigenvalue weighted by molar-refractivity contribution is 5.66. The van der Waals surface area contributed by atoms with E-state index in [1.165, 1.54) is 6.92 Å². The number of halogens is 1. The third-order valence-electron chi connectivity index (χ3n) is 2.02. The fourth-order valence-corrected chi connectivity index (χ4v) is 1.37. The average molecular weight is 236 g/mol. The van der Waals surface area contributed by atoms with Crippen molar-refractivity contribution in [1.82, 2.24) is 0 Å². The second-order valence-electron chi connectivity index (χ2n) is 3.39. The zero-order chi connectivity index (χ0) is 12.3. The van der Waals surface area contributed by atoms with Crippen LogP contribution in [0.4, 0.5) is 4.39 Å². The quantitative estimate of drug-likeness (QED) is 0.667. The fraction of sp³-hybridized carbons (Fsp3) is 0.778. The first-order chi connectivity index (χ1) is 7.41. The molecule has 16 heavy (non-hydrogen) atoms. The second kappa shape index (κ2) is 5.22. The average Bonchev–Trinajstić information content (AvgIpc) is 2.42. The van der Waals surface area contributed by atoms with Crippen LogP contribution in [0.5, 0.6) is 0 Å². The number of aliphatic hydroxyl groups excluding tert-OH is 1. The number of alkyl halides is 1. The molecule has 0 amide bonds. The lowest BCUT2D eigenvalue weighted by Crippen LogP contribution is -2.36. The molecule has 7 heteroatoms. The Bertz CT molecular complexity index is 281. The van der Waals surface area contributed by atoms with E-state index >= 15 is 0 Å². The van der Waals surface area contributed by atoms with Crippen LogP contribution in [0.3, 0.4) is 0 Å². The molecule has 1 N–H and O–H groups in total. The Morgan fingerprint density at radius 1 is 1.38 bits per heavy atom. The van der Waals surface area contributed by atoms with Gasteiger partial charge in [-0.1, -0.05) is 0 Å². The van der Waals surface area contributed by atoms with Gasteiger partial charge in [0.2, 0.25) is 0 Å². The second-order valence-corrected chi connectivity index (χ2v) is 3.39. The summed E-state index contributed by atoms with van der Waals surface area (Å²) in [6, 6.07) is 0. The van der Waals surface area contributed by atoms with Gasteiger partial charge in [0.05, 0.1) is 0 Å². The highest BCUT2D eigenvalue weighted by atomic mass is 19.1. The maximum absolute atomic E-state index is 13.3. The monoisotopic (exact) mass is 236 g/mol. The van der Waals surface area contributed by atoms with E-state index in [9.17, 15) is 14.0 Å². The van der Waals surface area contributed by atoms with Crippen molar-refractivity contribution < 1.29 is 33.3 Å². The van der Waals surface area contributed by atoms with Crippen LogP contribution in [0.15, 0.2) is 0 Å². The minimum absolute atomic E-state index is 0.273. The molecule has 1 heterocycles. The SMILES string of the molecule is CC(=O)OC[C@H]1O[C@@H](O)[C@@H](F)[C@@H]1OC(C)=O. The normalized spacial score (nSPS) is 33.5. The van der Waals surface area contributed by atoms with Crippen LogP contribution in [-0.2, 0) is 23.8 Å². The summed E-state index contributed by atoms with van der Waals surface area (Å²) in [5.41, 5.74) is 0. The van der Waals surface area contributed by atoms with Crippen LogP contribution < -0.4 is 0 Å². The van der Waals surface area contributed by atoms with Crippen LogP contribution in [0.2, 0.25) is 0 Å². The van der Waals surface area contributed by atoms with Gasteiger partial charge in [0, 0.05) is 13.8 Å². The first-order valence-corrected chi connectivity index (χ1v) is 4.70.